The number of nitrogens with one attached hydrogen (secondary N) is 2. The molecule has 72 valence electrons. The number of aromatic nitrogens is 1. The number of rotatable bonds is 2. The fraction of sp³-hybridized carbons (Fsp3) is 0.182. The van der Waals surface area contributed by atoms with Crippen molar-refractivity contribution in [2.24, 2.45) is 0 Å². The van der Waals surface area contributed by atoms with Crippen LogP contribution in [0.1, 0.15) is 12.5 Å². The highest BCUT2D eigenvalue weighted by Gasteiger charge is 2.02. The Morgan fingerprint density at radius 3 is 3.00 bits per heavy atom. The summed E-state index contributed by atoms with van der Waals surface area (Å²) in [5.74, 6) is -0.00437. The van der Waals surface area contributed by atoms with Crippen molar-refractivity contribution in [1.29, 1.82) is 0 Å². The van der Waals surface area contributed by atoms with E-state index in [1.807, 2.05) is 30.5 Å². The molecule has 14 heavy (non-hydrogen) atoms. The zero-order valence-corrected chi connectivity index (χ0v) is 8.00. The largest absolute Gasteiger partial charge is 0.361 e. The minimum absolute atomic E-state index is 0.00437. The van der Waals surface area contributed by atoms with Gasteiger partial charge in [-0.25, -0.2) is 0 Å². The van der Waals surface area contributed by atoms with E-state index in [0.29, 0.717) is 6.54 Å². The molecule has 0 radical (unpaired) electrons. The van der Waals surface area contributed by atoms with Crippen molar-refractivity contribution in [3.63, 3.8) is 0 Å². The maximum Gasteiger partial charge on any atom is 0.217 e. The number of para-hydroxylation sites is 1. The maximum absolute atomic E-state index is 10.8. The molecule has 0 bridgehead atoms. The lowest BCUT2D eigenvalue weighted by atomic mass is 10.2. The molecule has 0 saturated carbocycles. The van der Waals surface area contributed by atoms with E-state index in [2.05, 4.69) is 10.3 Å². The zero-order chi connectivity index (χ0) is 9.97. The molecule has 0 saturated heterocycles. The first-order valence-electron chi connectivity index (χ1n) is 4.57. The lowest BCUT2D eigenvalue weighted by Gasteiger charge is -1.99. The molecule has 0 aliphatic rings. The van der Waals surface area contributed by atoms with Gasteiger partial charge in [0.05, 0.1) is 0 Å². The fourth-order valence-electron chi connectivity index (χ4n) is 1.50. The molecule has 0 aliphatic carbocycles. The SMILES string of the molecule is CC(=O)NCc1c[nH]c2ccccc12. The van der Waals surface area contributed by atoms with Gasteiger partial charge in [0, 0.05) is 30.6 Å². The predicted octanol–water partition coefficient (Wildman–Crippen LogP) is 1.80. The van der Waals surface area contributed by atoms with Crippen molar-refractivity contribution in [3.8, 4) is 0 Å². The average molecular weight is 188 g/mol. The van der Waals surface area contributed by atoms with Crippen LogP contribution in [0.2, 0.25) is 0 Å². The van der Waals surface area contributed by atoms with Gasteiger partial charge in [0.2, 0.25) is 5.91 Å². The summed E-state index contributed by atoms with van der Waals surface area (Å²) in [6, 6.07) is 8.05. The predicted molar refractivity (Wildman–Crippen MR) is 55.8 cm³/mol. The third-order valence-electron chi connectivity index (χ3n) is 2.20. The van der Waals surface area contributed by atoms with Crippen LogP contribution in [0.5, 0.6) is 0 Å². The van der Waals surface area contributed by atoms with E-state index in [0.717, 1.165) is 11.1 Å². The Bertz CT molecular complexity index is 459. The van der Waals surface area contributed by atoms with Gasteiger partial charge in [-0.2, -0.15) is 0 Å². The van der Waals surface area contributed by atoms with E-state index in [9.17, 15) is 4.79 Å². The van der Waals surface area contributed by atoms with Crippen LogP contribution < -0.4 is 5.32 Å². The van der Waals surface area contributed by atoms with E-state index in [4.69, 9.17) is 0 Å². The van der Waals surface area contributed by atoms with Crippen molar-refractivity contribution in [1.82, 2.24) is 10.3 Å². The summed E-state index contributed by atoms with van der Waals surface area (Å²) < 4.78 is 0. The van der Waals surface area contributed by atoms with Crippen LogP contribution in [0.25, 0.3) is 10.9 Å². The van der Waals surface area contributed by atoms with Crippen LogP contribution in [0, 0.1) is 0 Å². The van der Waals surface area contributed by atoms with Crippen LogP contribution >= 0.6 is 0 Å². The summed E-state index contributed by atoms with van der Waals surface area (Å²) in [5, 5.41) is 3.95. The zero-order valence-electron chi connectivity index (χ0n) is 8.00. The normalized spacial score (nSPS) is 10.4. The van der Waals surface area contributed by atoms with Crippen LogP contribution in [0.3, 0.4) is 0 Å². The molecule has 1 amide bonds. The maximum atomic E-state index is 10.8. The molecule has 2 N–H and O–H groups in total. The first kappa shape index (κ1) is 8.81. The van der Waals surface area contributed by atoms with Gasteiger partial charge < -0.3 is 10.3 Å². The molecule has 1 aromatic heterocycles. The van der Waals surface area contributed by atoms with Gasteiger partial charge in [0.15, 0.2) is 0 Å². The molecule has 3 nitrogen and oxygen atoms in total. The van der Waals surface area contributed by atoms with E-state index in [1.165, 1.54) is 12.3 Å². The fourth-order valence-corrected chi connectivity index (χ4v) is 1.50. The molecule has 1 heterocycles. The molecule has 0 aliphatic heterocycles. The number of fused-ring (bicyclic) bond motifs is 1. The molecule has 3 heteroatoms. The van der Waals surface area contributed by atoms with Gasteiger partial charge in [0.25, 0.3) is 0 Å². The number of hydrogen-bond acceptors (Lipinski definition) is 1. The summed E-state index contributed by atoms with van der Waals surface area (Å²) in [6.07, 6.45) is 1.93. The number of carbonyl (C=O) groups excluding carboxylic acids is 1. The summed E-state index contributed by atoms with van der Waals surface area (Å²) >= 11 is 0. The number of carbonyl (C=O) groups is 1. The van der Waals surface area contributed by atoms with Gasteiger partial charge >= 0.3 is 0 Å². The Morgan fingerprint density at radius 2 is 2.21 bits per heavy atom. The molecule has 1 aromatic carbocycles. The van der Waals surface area contributed by atoms with Gasteiger partial charge in [-0.15, -0.1) is 0 Å². The van der Waals surface area contributed by atoms with E-state index >= 15 is 0 Å². The second kappa shape index (κ2) is 3.54. The molecule has 2 rings (SSSR count). The van der Waals surface area contributed by atoms with E-state index < -0.39 is 0 Å². The first-order valence-corrected chi connectivity index (χ1v) is 4.57. The van der Waals surface area contributed by atoms with Crippen molar-refractivity contribution in [2.45, 2.75) is 13.5 Å². The highest BCUT2D eigenvalue weighted by Crippen LogP contribution is 2.16. The van der Waals surface area contributed by atoms with E-state index in [1.54, 1.807) is 0 Å². The minimum atomic E-state index is -0.00437. The Labute approximate surface area is 82.1 Å². The van der Waals surface area contributed by atoms with Crippen LogP contribution in [0.15, 0.2) is 30.5 Å². The number of aromatic amines is 1. The van der Waals surface area contributed by atoms with Crippen molar-refractivity contribution in [3.05, 3.63) is 36.0 Å². The molecular formula is C11H12N2O. The molecule has 2 aromatic rings. The van der Waals surface area contributed by atoms with Crippen LogP contribution in [-0.4, -0.2) is 10.9 Å². The van der Waals surface area contributed by atoms with Gasteiger partial charge in [0.1, 0.15) is 0 Å². The number of hydrogen-bond donors (Lipinski definition) is 2. The standard InChI is InChI=1S/C11H12N2O/c1-8(14)12-6-9-7-13-11-5-3-2-4-10(9)11/h2-5,7,13H,6H2,1H3,(H,12,14). The molecule has 0 fully saturated rings. The first-order chi connectivity index (χ1) is 6.77. The quantitative estimate of drug-likeness (QED) is 0.741. The summed E-state index contributed by atoms with van der Waals surface area (Å²) in [5.41, 5.74) is 2.23. The highest BCUT2D eigenvalue weighted by atomic mass is 16.1. The Kier molecular flexibility index (Phi) is 2.23. The van der Waals surface area contributed by atoms with Gasteiger partial charge in [-0.1, -0.05) is 18.2 Å². The number of benzene rings is 1. The highest BCUT2D eigenvalue weighted by molar-refractivity contribution is 5.83. The lowest BCUT2D eigenvalue weighted by molar-refractivity contribution is -0.119. The molecule has 0 atom stereocenters. The smallest absolute Gasteiger partial charge is 0.217 e. The minimum Gasteiger partial charge on any atom is -0.361 e. The van der Waals surface area contributed by atoms with Crippen LogP contribution in [0.4, 0.5) is 0 Å². The third kappa shape index (κ3) is 1.62. The monoisotopic (exact) mass is 188 g/mol. The van der Waals surface area contributed by atoms with Crippen LogP contribution in [-0.2, 0) is 11.3 Å². The van der Waals surface area contributed by atoms with Crippen molar-refractivity contribution >= 4 is 16.8 Å². The molecule has 0 unspecified atom stereocenters. The molecular weight excluding hydrogens is 176 g/mol. The van der Waals surface area contributed by atoms with Gasteiger partial charge in [-0.3, -0.25) is 4.79 Å². The topological polar surface area (TPSA) is 44.9 Å². The number of H-pyrrole nitrogens is 1. The lowest BCUT2D eigenvalue weighted by Crippen LogP contribution is -2.18. The van der Waals surface area contributed by atoms with Crippen molar-refractivity contribution in [2.75, 3.05) is 0 Å². The third-order valence-corrected chi connectivity index (χ3v) is 2.20. The Balaban J connectivity index is 2.29. The van der Waals surface area contributed by atoms with Gasteiger partial charge in [-0.05, 0) is 11.6 Å². The second-order valence-corrected chi connectivity index (χ2v) is 3.27. The average Bonchev–Trinajstić information content (AvgIpc) is 2.58. The summed E-state index contributed by atoms with van der Waals surface area (Å²) in [4.78, 5) is 13.9. The second-order valence-electron chi connectivity index (χ2n) is 3.27. The van der Waals surface area contributed by atoms with E-state index in [-0.39, 0.29) is 5.91 Å². The summed E-state index contributed by atoms with van der Waals surface area (Å²) in [6.45, 7) is 2.11. The summed E-state index contributed by atoms with van der Waals surface area (Å²) in [7, 11) is 0. The number of amides is 1. The molecule has 0 spiro atoms. The van der Waals surface area contributed by atoms with Crippen molar-refractivity contribution < 1.29 is 4.79 Å². The Hall–Kier alpha value is -1.77. The Morgan fingerprint density at radius 1 is 1.43 bits per heavy atom.